The molecule has 2 rings (SSSR count). The number of carbonyl (C=O) groups is 2. The average molecular weight is 310 g/mol. The van der Waals surface area contributed by atoms with Gasteiger partial charge in [-0.05, 0) is 35.7 Å². The predicted octanol–water partition coefficient (Wildman–Crippen LogP) is 3.80. The van der Waals surface area contributed by atoms with Crippen LogP contribution in [0.1, 0.15) is 31.7 Å². The van der Waals surface area contributed by atoms with Crippen LogP contribution in [0.15, 0.2) is 54.6 Å². The maximum atomic E-state index is 12.1. The third-order valence-electron chi connectivity index (χ3n) is 3.87. The second-order valence-electron chi connectivity index (χ2n) is 5.69. The standard InChI is InChI=1S/C19H22N2O2/c1-14(16-7-5-4-6-8-16)13-19(23)20-17-9-11-18(12-10-17)21(3)15(2)22/h4-12,14H,13H2,1-3H3,(H,20,23)/t14-/m1/s1. The highest BCUT2D eigenvalue weighted by atomic mass is 16.2. The number of hydrogen-bond donors (Lipinski definition) is 1. The molecule has 0 radical (unpaired) electrons. The first-order valence-electron chi connectivity index (χ1n) is 7.66. The Kier molecular flexibility index (Phi) is 5.52. The minimum absolute atomic E-state index is 0.0194. The van der Waals surface area contributed by atoms with Gasteiger partial charge in [-0.2, -0.15) is 0 Å². The van der Waals surface area contributed by atoms with E-state index in [-0.39, 0.29) is 17.7 Å². The van der Waals surface area contributed by atoms with Gasteiger partial charge in [0.2, 0.25) is 11.8 Å². The molecule has 0 aliphatic carbocycles. The minimum atomic E-state index is -0.0292. The molecule has 0 saturated carbocycles. The quantitative estimate of drug-likeness (QED) is 0.913. The average Bonchev–Trinajstić information content (AvgIpc) is 2.55. The molecule has 1 N–H and O–H groups in total. The summed E-state index contributed by atoms with van der Waals surface area (Å²) in [6.07, 6.45) is 0.430. The van der Waals surface area contributed by atoms with E-state index in [9.17, 15) is 9.59 Å². The van der Waals surface area contributed by atoms with E-state index in [1.54, 1.807) is 24.1 Å². The normalized spacial score (nSPS) is 11.6. The highest BCUT2D eigenvalue weighted by Gasteiger charge is 2.11. The van der Waals surface area contributed by atoms with Gasteiger partial charge in [-0.1, -0.05) is 37.3 Å². The van der Waals surface area contributed by atoms with Crippen LogP contribution in [0.5, 0.6) is 0 Å². The lowest BCUT2D eigenvalue weighted by Gasteiger charge is -2.16. The summed E-state index contributed by atoms with van der Waals surface area (Å²) < 4.78 is 0. The number of hydrogen-bond acceptors (Lipinski definition) is 2. The zero-order valence-corrected chi connectivity index (χ0v) is 13.7. The van der Waals surface area contributed by atoms with Crippen molar-refractivity contribution in [2.45, 2.75) is 26.2 Å². The summed E-state index contributed by atoms with van der Waals surface area (Å²) >= 11 is 0. The first-order chi connectivity index (χ1) is 11.0. The van der Waals surface area contributed by atoms with Crippen molar-refractivity contribution in [3.63, 3.8) is 0 Å². The minimum Gasteiger partial charge on any atom is -0.326 e. The lowest BCUT2D eigenvalue weighted by molar-refractivity contribution is -0.117. The largest absolute Gasteiger partial charge is 0.326 e. The monoisotopic (exact) mass is 310 g/mol. The molecule has 0 unspecified atom stereocenters. The van der Waals surface area contributed by atoms with Crippen LogP contribution in [0.4, 0.5) is 11.4 Å². The topological polar surface area (TPSA) is 49.4 Å². The van der Waals surface area contributed by atoms with Crippen LogP contribution < -0.4 is 10.2 Å². The molecule has 0 aliphatic rings. The zero-order valence-electron chi connectivity index (χ0n) is 13.7. The Bertz CT molecular complexity index is 666. The summed E-state index contributed by atoms with van der Waals surface area (Å²) in [6, 6.07) is 17.2. The fraction of sp³-hybridized carbons (Fsp3) is 0.263. The van der Waals surface area contributed by atoms with Gasteiger partial charge in [0, 0.05) is 31.8 Å². The number of amides is 2. The number of carbonyl (C=O) groups excluding carboxylic acids is 2. The molecule has 0 spiro atoms. The second kappa shape index (κ2) is 7.58. The van der Waals surface area contributed by atoms with E-state index in [1.807, 2.05) is 49.4 Å². The van der Waals surface area contributed by atoms with Gasteiger partial charge in [0.05, 0.1) is 0 Å². The molecule has 1 atom stereocenters. The summed E-state index contributed by atoms with van der Waals surface area (Å²) in [6.45, 7) is 3.56. The number of rotatable bonds is 5. The van der Waals surface area contributed by atoms with Gasteiger partial charge < -0.3 is 10.2 Å². The fourth-order valence-corrected chi connectivity index (χ4v) is 2.34. The van der Waals surface area contributed by atoms with Crippen molar-refractivity contribution in [1.29, 1.82) is 0 Å². The molecule has 2 aromatic carbocycles. The van der Waals surface area contributed by atoms with Gasteiger partial charge in [0.15, 0.2) is 0 Å². The third-order valence-corrected chi connectivity index (χ3v) is 3.87. The van der Waals surface area contributed by atoms with Crippen LogP contribution in [0.3, 0.4) is 0 Å². The Morgan fingerprint density at radius 3 is 2.22 bits per heavy atom. The summed E-state index contributed by atoms with van der Waals surface area (Å²) in [4.78, 5) is 25.0. The lowest BCUT2D eigenvalue weighted by Crippen LogP contribution is -2.22. The van der Waals surface area contributed by atoms with Gasteiger partial charge in [-0.3, -0.25) is 9.59 Å². The van der Waals surface area contributed by atoms with E-state index in [0.717, 1.165) is 16.9 Å². The molecule has 120 valence electrons. The summed E-state index contributed by atoms with van der Waals surface area (Å²) in [5.41, 5.74) is 2.69. The first kappa shape index (κ1) is 16.7. The maximum Gasteiger partial charge on any atom is 0.224 e. The molecule has 0 saturated heterocycles. The molecule has 2 amide bonds. The number of nitrogens with one attached hydrogen (secondary N) is 1. The van der Waals surface area contributed by atoms with Crippen molar-refractivity contribution >= 4 is 23.2 Å². The van der Waals surface area contributed by atoms with Gasteiger partial charge >= 0.3 is 0 Å². The Morgan fingerprint density at radius 2 is 1.65 bits per heavy atom. The van der Waals surface area contributed by atoms with Crippen molar-refractivity contribution in [1.82, 2.24) is 0 Å². The lowest BCUT2D eigenvalue weighted by atomic mass is 9.97. The van der Waals surface area contributed by atoms with Gasteiger partial charge in [-0.15, -0.1) is 0 Å². The smallest absolute Gasteiger partial charge is 0.224 e. The number of anilines is 2. The highest BCUT2D eigenvalue weighted by Crippen LogP contribution is 2.21. The van der Waals surface area contributed by atoms with Crippen LogP contribution in [0, 0.1) is 0 Å². The fourth-order valence-electron chi connectivity index (χ4n) is 2.34. The van der Waals surface area contributed by atoms with E-state index in [4.69, 9.17) is 0 Å². The van der Waals surface area contributed by atoms with Crippen molar-refractivity contribution < 1.29 is 9.59 Å². The van der Waals surface area contributed by atoms with Crippen LogP contribution in [-0.2, 0) is 9.59 Å². The molecule has 0 bridgehead atoms. The number of benzene rings is 2. The van der Waals surface area contributed by atoms with Crippen molar-refractivity contribution in [2.75, 3.05) is 17.3 Å². The molecule has 0 fully saturated rings. The van der Waals surface area contributed by atoms with Crippen molar-refractivity contribution in [2.24, 2.45) is 0 Å². The van der Waals surface area contributed by atoms with E-state index < -0.39 is 0 Å². The SMILES string of the molecule is CC(=O)N(C)c1ccc(NC(=O)C[C@@H](C)c2ccccc2)cc1. The Labute approximate surface area is 137 Å². The van der Waals surface area contributed by atoms with E-state index >= 15 is 0 Å². The molecule has 4 nitrogen and oxygen atoms in total. The molecule has 2 aromatic rings. The highest BCUT2D eigenvalue weighted by molar-refractivity contribution is 5.93. The van der Waals surface area contributed by atoms with Gasteiger partial charge in [-0.25, -0.2) is 0 Å². The first-order valence-corrected chi connectivity index (χ1v) is 7.66. The second-order valence-corrected chi connectivity index (χ2v) is 5.69. The molecule has 4 heteroatoms. The predicted molar refractivity (Wildman–Crippen MR) is 93.6 cm³/mol. The van der Waals surface area contributed by atoms with Crippen LogP contribution >= 0.6 is 0 Å². The Morgan fingerprint density at radius 1 is 1.04 bits per heavy atom. The summed E-state index contributed by atoms with van der Waals surface area (Å²) in [5, 5.41) is 2.90. The van der Waals surface area contributed by atoms with Gasteiger partial charge in [0.25, 0.3) is 0 Å². The van der Waals surface area contributed by atoms with E-state index in [2.05, 4.69) is 5.32 Å². The molecular formula is C19H22N2O2. The van der Waals surface area contributed by atoms with Crippen molar-refractivity contribution in [3.8, 4) is 0 Å². The summed E-state index contributed by atoms with van der Waals surface area (Å²) in [7, 11) is 1.72. The summed E-state index contributed by atoms with van der Waals surface area (Å²) in [5.74, 6) is 0.117. The van der Waals surface area contributed by atoms with Crippen LogP contribution in [0.2, 0.25) is 0 Å². The maximum absolute atomic E-state index is 12.1. The van der Waals surface area contributed by atoms with E-state index in [0.29, 0.717) is 6.42 Å². The number of nitrogens with zero attached hydrogens (tertiary/aromatic N) is 1. The van der Waals surface area contributed by atoms with Gasteiger partial charge in [0.1, 0.15) is 0 Å². The molecule has 0 aromatic heterocycles. The molecular weight excluding hydrogens is 288 g/mol. The van der Waals surface area contributed by atoms with Crippen LogP contribution in [-0.4, -0.2) is 18.9 Å². The Hall–Kier alpha value is -2.62. The molecule has 0 aliphatic heterocycles. The zero-order chi connectivity index (χ0) is 16.8. The van der Waals surface area contributed by atoms with E-state index in [1.165, 1.54) is 6.92 Å². The Balaban J connectivity index is 1.94. The van der Waals surface area contributed by atoms with Crippen LogP contribution in [0.25, 0.3) is 0 Å². The molecule has 0 heterocycles. The molecule has 23 heavy (non-hydrogen) atoms. The third kappa shape index (κ3) is 4.68. The van der Waals surface area contributed by atoms with Crippen molar-refractivity contribution in [3.05, 3.63) is 60.2 Å².